The van der Waals surface area contributed by atoms with Crippen molar-refractivity contribution in [1.29, 1.82) is 0 Å². The maximum absolute atomic E-state index is 11.5. The van der Waals surface area contributed by atoms with Crippen LogP contribution in [0.3, 0.4) is 0 Å². The lowest BCUT2D eigenvalue weighted by Gasteiger charge is -2.08. The van der Waals surface area contributed by atoms with E-state index in [4.69, 9.17) is 33.0 Å². The minimum Gasteiger partial charge on any atom is -0.493 e. The Labute approximate surface area is 133 Å². The summed E-state index contributed by atoms with van der Waals surface area (Å²) in [6, 6.07) is 4.90. The number of unbranched alkanes of at least 4 members (excludes halogenated alkanes) is 1. The monoisotopic (exact) mass is 333 g/mol. The van der Waals surface area contributed by atoms with Crippen LogP contribution in [0.15, 0.2) is 18.2 Å². The lowest BCUT2D eigenvalue weighted by Crippen LogP contribution is -2.26. The van der Waals surface area contributed by atoms with Gasteiger partial charge in [-0.05, 0) is 25.0 Å². The fourth-order valence-electron chi connectivity index (χ4n) is 1.55. The number of carbonyl (C=O) groups excluding carboxylic acids is 1. The maximum atomic E-state index is 11.5. The fourth-order valence-corrected chi connectivity index (χ4v) is 1.83. The predicted octanol–water partition coefficient (Wildman–Crippen LogP) is 3.13. The van der Waals surface area contributed by atoms with E-state index in [0.717, 1.165) is 0 Å². The molecule has 0 spiro atoms. The summed E-state index contributed by atoms with van der Waals surface area (Å²) in [5.74, 6) is -0.402. The van der Waals surface area contributed by atoms with Crippen LogP contribution in [-0.4, -0.2) is 30.1 Å². The normalized spacial score (nSPS) is 10.2. The Morgan fingerprint density at radius 2 is 1.90 bits per heavy atom. The lowest BCUT2D eigenvalue weighted by molar-refractivity contribution is -0.137. The molecule has 21 heavy (non-hydrogen) atoms. The summed E-state index contributed by atoms with van der Waals surface area (Å²) in [5.41, 5.74) is 0. The number of hydrogen-bond acceptors (Lipinski definition) is 3. The van der Waals surface area contributed by atoms with E-state index in [9.17, 15) is 9.59 Å². The second kappa shape index (κ2) is 9.47. The van der Waals surface area contributed by atoms with Crippen LogP contribution in [0.1, 0.15) is 25.7 Å². The Hall–Kier alpha value is -1.46. The van der Waals surface area contributed by atoms with Crippen LogP contribution in [0.4, 0.5) is 0 Å². The van der Waals surface area contributed by atoms with Crippen LogP contribution < -0.4 is 10.1 Å². The molecule has 1 rings (SSSR count). The summed E-state index contributed by atoms with van der Waals surface area (Å²) in [7, 11) is 0. The van der Waals surface area contributed by atoms with Crippen LogP contribution in [-0.2, 0) is 9.59 Å². The summed E-state index contributed by atoms with van der Waals surface area (Å²) in [6.45, 7) is 0.706. The number of ether oxygens (including phenoxy) is 1. The lowest BCUT2D eigenvalue weighted by atomic mass is 10.2. The largest absolute Gasteiger partial charge is 0.493 e. The molecule has 0 atom stereocenters. The highest BCUT2D eigenvalue weighted by Crippen LogP contribution is 2.26. The van der Waals surface area contributed by atoms with Gasteiger partial charge in [-0.1, -0.05) is 23.2 Å². The zero-order chi connectivity index (χ0) is 15.7. The smallest absolute Gasteiger partial charge is 0.303 e. The number of benzene rings is 1. The highest BCUT2D eigenvalue weighted by molar-refractivity contribution is 6.42. The van der Waals surface area contributed by atoms with E-state index in [-0.39, 0.29) is 25.4 Å². The van der Waals surface area contributed by atoms with Crippen LogP contribution in [0.2, 0.25) is 10.0 Å². The molecule has 0 saturated carbocycles. The van der Waals surface area contributed by atoms with Crippen molar-refractivity contribution in [2.24, 2.45) is 0 Å². The number of rotatable bonds is 9. The minimum absolute atomic E-state index is 0.121. The van der Waals surface area contributed by atoms with Crippen molar-refractivity contribution >= 4 is 35.1 Å². The first-order valence-corrected chi connectivity index (χ1v) is 7.31. The van der Waals surface area contributed by atoms with E-state index < -0.39 is 5.97 Å². The molecular weight excluding hydrogens is 317 g/mol. The molecule has 0 heterocycles. The van der Waals surface area contributed by atoms with Crippen molar-refractivity contribution in [3.8, 4) is 5.75 Å². The molecule has 0 aliphatic heterocycles. The van der Waals surface area contributed by atoms with Crippen molar-refractivity contribution in [2.75, 3.05) is 13.2 Å². The fraction of sp³-hybridized carbons (Fsp3) is 0.429. The minimum atomic E-state index is -0.823. The molecule has 0 aromatic heterocycles. The zero-order valence-corrected chi connectivity index (χ0v) is 12.9. The van der Waals surface area contributed by atoms with E-state index in [2.05, 4.69) is 5.32 Å². The Bertz CT molecular complexity index is 494. The summed E-state index contributed by atoms with van der Waals surface area (Å²) in [6.07, 6.45) is 1.54. The topological polar surface area (TPSA) is 75.6 Å². The Morgan fingerprint density at radius 1 is 1.14 bits per heavy atom. The summed E-state index contributed by atoms with van der Waals surface area (Å²) in [5, 5.41) is 12.0. The van der Waals surface area contributed by atoms with E-state index in [1.165, 1.54) is 0 Å². The van der Waals surface area contributed by atoms with Crippen molar-refractivity contribution < 1.29 is 19.4 Å². The summed E-state index contributed by atoms with van der Waals surface area (Å²) >= 11 is 11.6. The molecule has 0 aliphatic carbocycles. The number of carbonyl (C=O) groups is 2. The van der Waals surface area contributed by atoms with Gasteiger partial charge in [0.25, 0.3) is 0 Å². The molecule has 1 amide bonds. The van der Waals surface area contributed by atoms with Crippen molar-refractivity contribution in [1.82, 2.24) is 5.32 Å². The van der Waals surface area contributed by atoms with Crippen molar-refractivity contribution in [3.63, 3.8) is 0 Å². The van der Waals surface area contributed by atoms with E-state index >= 15 is 0 Å². The van der Waals surface area contributed by atoms with Gasteiger partial charge in [0.05, 0.1) is 23.1 Å². The van der Waals surface area contributed by atoms with Gasteiger partial charge < -0.3 is 15.2 Å². The quantitative estimate of drug-likeness (QED) is 0.680. The van der Waals surface area contributed by atoms with E-state index in [1.807, 2.05) is 0 Å². The molecule has 0 saturated heterocycles. The second-order valence-corrected chi connectivity index (χ2v) is 5.19. The van der Waals surface area contributed by atoms with Crippen LogP contribution in [0, 0.1) is 0 Å². The Morgan fingerprint density at radius 3 is 2.57 bits per heavy atom. The number of nitrogens with one attached hydrogen (secondary N) is 1. The number of hydrogen-bond donors (Lipinski definition) is 2. The molecule has 0 radical (unpaired) electrons. The average molecular weight is 334 g/mol. The molecule has 1 aromatic rings. The van der Waals surface area contributed by atoms with Gasteiger partial charge in [0.2, 0.25) is 5.91 Å². The van der Waals surface area contributed by atoms with Gasteiger partial charge >= 0.3 is 5.97 Å². The molecule has 7 heteroatoms. The molecule has 0 aliphatic rings. The van der Waals surface area contributed by atoms with E-state index in [1.54, 1.807) is 18.2 Å². The maximum Gasteiger partial charge on any atom is 0.303 e. The molecule has 0 bridgehead atoms. The van der Waals surface area contributed by atoms with Crippen LogP contribution in [0.25, 0.3) is 0 Å². The Kier molecular flexibility index (Phi) is 7.93. The summed E-state index contributed by atoms with van der Waals surface area (Å²) < 4.78 is 5.39. The van der Waals surface area contributed by atoms with Gasteiger partial charge in [0, 0.05) is 19.0 Å². The third kappa shape index (κ3) is 7.78. The highest BCUT2D eigenvalue weighted by atomic mass is 35.5. The Balaban J connectivity index is 2.13. The summed E-state index contributed by atoms with van der Waals surface area (Å²) in [4.78, 5) is 21.8. The third-order valence-corrected chi connectivity index (χ3v) is 3.37. The molecule has 0 fully saturated rings. The van der Waals surface area contributed by atoms with Gasteiger partial charge in [0.15, 0.2) is 0 Å². The van der Waals surface area contributed by atoms with Crippen molar-refractivity contribution in [2.45, 2.75) is 25.7 Å². The highest BCUT2D eigenvalue weighted by Gasteiger charge is 2.04. The van der Waals surface area contributed by atoms with E-state index in [0.29, 0.717) is 35.2 Å². The van der Waals surface area contributed by atoms with Gasteiger partial charge in [-0.25, -0.2) is 0 Å². The molecular formula is C14H17Cl2NO4. The third-order valence-electron chi connectivity index (χ3n) is 2.63. The number of amides is 1. The molecule has 1 aromatic carbocycles. The first-order chi connectivity index (χ1) is 9.99. The first kappa shape index (κ1) is 17.6. The molecule has 2 N–H and O–H groups in total. The first-order valence-electron chi connectivity index (χ1n) is 6.55. The molecule has 5 nitrogen and oxygen atoms in total. The SMILES string of the molecule is O=C(O)CCCCNC(=O)CCOc1ccc(Cl)c(Cl)c1. The van der Waals surface area contributed by atoms with Gasteiger partial charge in [0.1, 0.15) is 5.75 Å². The predicted molar refractivity (Wildman–Crippen MR) is 81.1 cm³/mol. The van der Waals surface area contributed by atoms with Gasteiger partial charge in [-0.3, -0.25) is 9.59 Å². The van der Waals surface area contributed by atoms with Gasteiger partial charge in [-0.15, -0.1) is 0 Å². The average Bonchev–Trinajstić information content (AvgIpc) is 2.42. The van der Waals surface area contributed by atoms with Crippen LogP contribution >= 0.6 is 23.2 Å². The number of carboxylic acid groups (broad SMARTS) is 1. The van der Waals surface area contributed by atoms with Crippen molar-refractivity contribution in [3.05, 3.63) is 28.2 Å². The standard InChI is InChI=1S/C14H17Cl2NO4/c15-11-5-4-10(9-12(11)16)21-8-6-13(18)17-7-2-1-3-14(19)20/h4-5,9H,1-3,6-8H2,(H,17,18)(H,19,20). The van der Waals surface area contributed by atoms with Gasteiger partial charge in [-0.2, -0.15) is 0 Å². The molecule has 0 unspecified atom stereocenters. The zero-order valence-electron chi connectivity index (χ0n) is 11.4. The number of halogens is 2. The van der Waals surface area contributed by atoms with Crippen LogP contribution in [0.5, 0.6) is 5.75 Å². The number of aliphatic carboxylic acids is 1. The second-order valence-electron chi connectivity index (χ2n) is 4.38. The molecule has 116 valence electrons. The number of carboxylic acids is 1.